The first-order chi connectivity index (χ1) is 18.9. The summed E-state index contributed by atoms with van der Waals surface area (Å²) in [4.78, 5) is 27.7. The zero-order valence-corrected chi connectivity index (χ0v) is 22.4. The van der Waals surface area contributed by atoms with E-state index in [2.05, 4.69) is 20.2 Å². The number of nitrogens with one attached hydrogen (secondary N) is 1. The van der Waals surface area contributed by atoms with E-state index in [0.29, 0.717) is 36.1 Å². The smallest absolute Gasteiger partial charge is 0.460 e. The zero-order valence-electron chi connectivity index (χ0n) is 22.4. The molecule has 1 aromatic heterocycles. The zero-order chi connectivity index (χ0) is 28.5. The molecule has 1 aliphatic carbocycles. The van der Waals surface area contributed by atoms with Crippen LogP contribution in [0.1, 0.15) is 57.1 Å². The van der Waals surface area contributed by atoms with Gasteiger partial charge in [0.1, 0.15) is 23.3 Å². The van der Waals surface area contributed by atoms with Crippen LogP contribution in [0.2, 0.25) is 0 Å². The molecule has 1 fully saturated rings. The number of hydrogen-bond donors (Lipinski definition) is 1. The molecule has 0 bridgehead atoms. The molecule has 0 saturated heterocycles. The minimum atomic E-state index is -4.90. The van der Waals surface area contributed by atoms with Gasteiger partial charge >= 0.3 is 12.3 Å². The molecule has 1 spiro atoms. The predicted molar refractivity (Wildman–Crippen MR) is 141 cm³/mol. The van der Waals surface area contributed by atoms with Crippen molar-refractivity contribution in [2.75, 3.05) is 0 Å². The third kappa shape index (κ3) is 5.96. The molecule has 5 rings (SSSR count). The summed E-state index contributed by atoms with van der Waals surface area (Å²) in [5.41, 5.74) is 3.75. The Hall–Kier alpha value is -3.92. The van der Waals surface area contributed by atoms with Crippen LogP contribution in [0.15, 0.2) is 73.3 Å². The van der Waals surface area contributed by atoms with Crippen LogP contribution >= 0.6 is 0 Å². The molecule has 3 atom stereocenters. The quantitative estimate of drug-likeness (QED) is 0.357. The number of benzene rings is 2. The maximum Gasteiger partial charge on any atom is 0.573 e. The van der Waals surface area contributed by atoms with Crippen LogP contribution in [-0.2, 0) is 14.4 Å². The number of nitrogens with zero attached hydrogens (tertiary/aromatic N) is 2. The maximum absolute atomic E-state index is 13.4. The highest BCUT2D eigenvalue weighted by Gasteiger charge is 2.52. The van der Waals surface area contributed by atoms with E-state index >= 15 is 0 Å². The van der Waals surface area contributed by atoms with Crippen LogP contribution in [0.25, 0.3) is 16.8 Å². The number of aromatic nitrogens is 2. The molecule has 10 heteroatoms. The number of alkyl halides is 3. The van der Waals surface area contributed by atoms with Gasteiger partial charge in [-0.2, -0.15) is 0 Å². The van der Waals surface area contributed by atoms with Crippen LogP contribution in [0.4, 0.5) is 13.2 Å². The highest BCUT2D eigenvalue weighted by molar-refractivity contribution is 5.78. The highest BCUT2D eigenvalue weighted by Crippen LogP contribution is 2.51. The van der Waals surface area contributed by atoms with Crippen molar-refractivity contribution in [2.45, 2.75) is 63.5 Å². The second-order valence-electron chi connectivity index (χ2n) is 11.0. The summed E-state index contributed by atoms with van der Waals surface area (Å²) in [6.07, 6.45) is 3.20. The van der Waals surface area contributed by atoms with Gasteiger partial charge in [-0.05, 0) is 69.4 Å². The third-order valence-corrected chi connectivity index (χ3v) is 7.01. The van der Waals surface area contributed by atoms with E-state index in [1.165, 1.54) is 18.5 Å². The minimum absolute atomic E-state index is 0.154. The fraction of sp³-hybridized carbons (Fsp3) is 0.367. The summed E-state index contributed by atoms with van der Waals surface area (Å²) in [7, 11) is 0. The summed E-state index contributed by atoms with van der Waals surface area (Å²) >= 11 is 0. The van der Waals surface area contributed by atoms with Crippen molar-refractivity contribution in [3.8, 4) is 16.9 Å². The number of hydrogen-bond acceptors (Lipinski definition) is 7. The van der Waals surface area contributed by atoms with Gasteiger partial charge in [0.25, 0.3) is 0 Å². The molecule has 2 heterocycles. The number of hydroxylamine groups is 1. The molecule has 7 nitrogen and oxygen atoms in total. The van der Waals surface area contributed by atoms with Crippen LogP contribution < -0.4 is 10.2 Å². The molecule has 210 valence electrons. The van der Waals surface area contributed by atoms with Crippen LogP contribution in [0.5, 0.6) is 5.75 Å². The van der Waals surface area contributed by atoms with E-state index in [-0.39, 0.29) is 17.3 Å². The molecule has 40 heavy (non-hydrogen) atoms. The monoisotopic (exact) mass is 553 g/mol. The van der Waals surface area contributed by atoms with E-state index in [1.807, 2.05) is 51.1 Å². The molecule has 3 aromatic rings. The minimum Gasteiger partial charge on any atom is -0.460 e. The van der Waals surface area contributed by atoms with Gasteiger partial charge in [0.05, 0.1) is 11.6 Å². The predicted octanol–water partition coefficient (Wildman–Crippen LogP) is 6.58. The molecule has 2 aliphatic rings. The molecular formula is C30H30F3N3O4. The molecule has 2 aromatic carbocycles. The largest absolute Gasteiger partial charge is 0.573 e. The number of carbonyl (C=O) groups excluding carboxylic acids is 1. The van der Waals surface area contributed by atoms with Gasteiger partial charge in [-0.25, -0.2) is 9.97 Å². The first-order valence-electron chi connectivity index (χ1n) is 13.0. The lowest BCUT2D eigenvalue weighted by atomic mass is 9.65. The van der Waals surface area contributed by atoms with E-state index in [4.69, 9.17) is 9.57 Å². The number of esters is 1. The second-order valence-corrected chi connectivity index (χ2v) is 11.0. The van der Waals surface area contributed by atoms with Crippen molar-refractivity contribution in [1.82, 2.24) is 15.4 Å². The topological polar surface area (TPSA) is 82.6 Å². The molecule has 1 saturated carbocycles. The number of halogens is 3. The van der Waals surface area contributed by atoms with Crippen molar-refractivity contribution >= 4 is 11.7 Å². The Balaban J connectivity index is 1.60. The average molecular weight is 554 g/mol. The first kappa shape index (κ1) is 27.6. The van der Waals surface area contributed by atoms with E-state index in [0.717, 1.165) is 5.56 Å². The van der Waals surface area contributed by atoms with Crippen molar-refractivity contribution in [1.29, 1.82) is 0 Å². The Labute approximate surface area is 230 Å². The Morgan fingerprint density at radius 3 is 2.45 bits per heavy atom. The highest BCUT2D eigenvalue weighted by atomic mass is 19.4. The summed E-state index contributed by atoms with van der Waals surface area (Å²) in [5.74, 6) is -1.69. The number of ether oxygens (including phenoxy) is 2. The molecule has 1 unspecified atom stereocenters. The Morgan fingerprint density at radius 2 is 1.77 bits per heavy atom. The number of rotatable bonds is 5. The van der Waals surface area contributed by atoms with Crippen LogP contribution in [0.3, 0.4) is 0 Å². The second kappa shape index (κ2) is 10.6. The molecule has 0 amide bonds. The van der Waals surface area contributed by atoms with Crippen LogP contribution in [0, 0.1) is 5.92 Å². The lowest BCUT2D eigenvalue weighted by molar-refractivity contribution is -0.274. The third-order valence-electron chi connectivity index (χ3n) is 7.01. The van der Waals surface area contributed by atoms with Gasteiger partial charge in [-0.3, -0.25) is 15.1 Å². The van der Waals surface area contributed by atoms with Gasteiger partial charge < -0.3 is 9.47 Å². The Bertz CT molecular complexity index is 1390. The van der Waals surface area contributed by atoms with Crippen LogP contribution in [-0.4, -0.2) is 33.5 Å². The van der Waals surface area contributed by atoms with Crippen molar-refractivity contribution in [2.24, 2.45) is 5.92 Å². The van der Waals surface area contributed by atoms with Gasteiger partial charge in [-0.1, -0.05) is 36.4 Å². The van der Waals surface area contributed by atoms with Crippen molar-refractivity contribution < 1.29 is 32.3 Å². The maximum atomic E-state index is 13.4. The van der Waals surface area contributed by atoms with E-state index in [1.54, 1.807) is 24.5 Å². The normalized spacial score (nSPS) is 22.9. The summed E-state index contributed by atoms with van der Waals surface area (Å²) in [5, 5.41) is 0. The lowest BCUT2D eigenvalue weighted by Crippen LogP contribution is -2.47. The fourth-order valence-corrected chi connectivity index (χ4v) is 5.51. The SMILES string of the molecule is CC(C)(C)OC(=O)C1CCC[C@]2(C=C(c3cc(-c4cncnc4)ccc3OC(F)(F)F)NO2)[C@@H]1c1ccccc1. The molecular weight excluding hydrogens is 523 g/mol. The first-order valence-corrected chi connectivity index (χ1v) is 13.0. The molecule has 1 aliphatic heterocycles. The van der Waals surface area contributed by atoms with Crippen molar-refractivity contribution in [3.63, 3.8) is 0 Å². The summed E-state index contributed by atoms with van der Waals surface area (Å²) < 4.78 is 50.3. The average Bonchev–Trinajstić information content (AvgIpc) is 3.31. The Kier molecular flexibility index (Phi) is 7.31. The fourth-order valence-electron chi connectivity index (χ4n) is 5.51. The van der Waals surface area contributed by atoms with Gasteiger partial charge in [0.2, 0.25) is 0 Å². The number of carbonyl (C=O) groups is 1. The molecule has 1 N–H and O–H groups in total. The lowest BCUT2D eigenvalue weighted by Gasteiger charge is -2.43. The van der Waals surface area contributed by atoms with Gasteiger partial charge in [-0.15, -0.1) is 13.2 Å². The molecule has 0 radical (unpaired) electrons. The van der Waals surface area contributed by atoms with E-state index < -0.39 is 29.4 Å². The summed E-state index contributed by atoms with van der Waals surface area (Å²) in [6.45, 7) is 5.46. The Morgan fingerprint density at radius 1 is 1.05 bits per heavy atom. The van der Waals surface area contributed by atoms with Gasteiger partial charge in [0, 0.05) is 29.4 Å². The van der Waals surface area contributed by atoms with E-state index in [9.17, 15) is 18.0 Å². The van der Waals surface area contributed by atoms with Crippen molar-refractivity contribution in [3.05, 3.63) is 84.5 Å². The standard InChI is InChI=1S/C30H30F3N3O4/c1-28(2,3)39-27(37)22-10-7-13-29(26(22)19-8-5-4-6-9-19)15-24(36-40-29)23-14-20(21-16-34-18-35-17-21)11-12-25(23)38-30(31,32)33/h4-6,8-9,11-12,14-18,22,26,36H,7,10,13H2,1-3H3/t22?,26-,29+/m1/s1. The van der Waals surface area contributed by atoms with Gasteiger partial charge in [0.15, 0.2) is 0 Å². The summed E-state index contributed by atoms with van der Waals surface area (Å²) in [6, 6.07) is 13.9.